The Kier molecular flexibility index (Phi) is 4.29. The maximum absolute atomic E-state index is 4.49. The average Bonchev–Trinajstić information content (AvgIpc) is 2.66. The van der Waals surface area contributed by atoms with Crippen molar-refractivity contribution in [1.82, 2.24) is 10.3 Å². The second-order valence-corrected chi connectivity index (χ2v) is 5.51. The summed E-state index contributed by atoms with van der Waals surface area (Å²) in [6.45, 7) is 11.2. The first kappa shape index (κ1) is 12.7. The second kappa shape index (κ2) is 5.08. The monoisotopic (exact) mass is 226 g/mol. The van der Waals surface area contributed by atoms with Crippen molar-refractivity contribution in [2.45, 2.75) is 52.6 Å². The fourth-order valence-electron chi connectivity index (χ4n) is 2.10. The molecule has 3 heteroatoms. The van der Waals surface area contributed by atoms with Crippen molar-refractivity contribution in [2.24, 2.45) is 5.92 Å². The number of nitrogens with one attached hydrogen (secondary N) is 1. The molecular formula is C12H22N2S. The molecule has 0 saturated carbocycles. The lowest BCUT2D eigenvalue weighted by molar-refractivity contribution is 0.210. The van der Waals surface area contributed by atoms with Crippen molar-refractivity contribution >= 4 is 11.3 Å². The molecule has 0 aromatic carbocycles. The van der Waals surface area contributed by atoms with Gasteiger partial charge in [-0.1, -0.05) is 20.8 Å². The van der Waals surface area contributed by atoms with E-state index in [1.807, 2.05) is 6.20 Å². The van der Waals surface area contributed by atoms with Crippen LogP contribution in [-0.2, 0) is 5.54 Å². The van der Waals surface area contributed by atoms with E-state index in [-0.39, 0.29) is 5.54 Å². The van der Waals surface area contributed by atoms with Crippen LogP contribution in [0.2, 0.25) is 0 Å². The van der Waals surface area contributed by atoms with Crippen LogP contribution < -0.4 is 5.32 Å². The molecule has 0 amide bonds. The van der Waals surface area contributed by atoms with Gasteiger partial charge in [0.05, 0.1) is 5.54 Å². The molecule has 86 valence electrons. The maximum Gasteiger partial charge on any atom is 0.113 e. The van der Waals surface area contributed by atoms with Crippen LogP contribution in [0.4, 0.5) is 0 Å². The van der Waals surface area contributed by atoms with Crippen LogP contribution in [0, 0.1) is 5.92 Å². The molecule has 0 aliphatic heterocycles. The number of hydrogen-bond donors (Lipinski definition) is 1. The molecule has 0 aliphatic carbocycles. The Bertz CT molecular complexity index is 280. The van der Waals surface area contributed by atoms with Gasteiger partial charge < -0.3 is 5.32 Å². The summed E-state index contributed by atoms with van der Waals surface area (Å²) in [7, 11) is 0. The van der Waals surface area contributed by atoms with Crippen LogP contribution >= 0.6 is 11.3 Å². The van der Waals surface area contributed by atoms with Crippen LogP contribution in [0.25, 0.3) is 0 Å². The highest BCUT2D eigenvalue weighted by Crippen LogP contribution is 2.34. The molecule has 1 aromatic rings. The Morgan fingerprint density at radius 1 is 1.40 bits per heavy atom. The summed E-state index contributed by atoms with van der Waals surface area (Å²) < 4.78 is 0. The quantitative estimate of drug-likeness (QED) is 0.832. The Labute approximate surface area is 97.1 Å². The van der Waals surface area contributed by atoms with Crippen molar-refractivity contribution in [2.75, 3.05) is 0 Å². The Morgan fingerprint density at radius 3 is 2.40 bits per heavy atom. The first-order valence-corrected chi connectivity index (χ1v) is 6.58. The molecule has 0 spiro atoms. The van der Waals surface area contributed by atoms with Gasteiger partial charge in [0.15, 0.2) is 0 Å². The molecule has 0 bridgehead atoms. The van der Waals surface area contributed by atoms with Gasteiger partial charge in [-0.15, -0.1) is 11.3 Å². The lowest BCUT2D eigenvalue weighted by Crippen LogP contribution is -2.49. The molecule has 0 aliphatic rings. The maximum atomic E-state index is 4.49. The van der Waals surface area contributed by atoms with Crippen LogP contribution in [-0.4, -0.2) is 11.0 Å². The minimum atomic E-state index is 0.0440. The van der Waals surface area contributed by atoms with Crippen LogP contribution in [0.1, 0.15) is 46.0 Å². The molecule has 0 saturated heterocycles. The molecule has 1 unspecified atom stereocenters. The third kappa shape index (κ3) is 2.58. The van der Waals surface area contributed by atoms with Crippen LogP contribution in [0.15, 0.2) is 11.6 Å². The first-order chi connectivity index (χ1) is 7.03. The zero-order chi connectivity index (χ0) is 11.5. The summed E-state index contributed by atoms with van der Waals surface area (Å²) in [6.07, 6.45) is 2.98. The number of nitrogens with zero attached hydrogens (tertiary/aromatic N) is 1. The molecule has 0 radical (unpaired) electrons. The Balaban J connectivity index is 3.04. The van der Waals surface area contributed by atoms with E-state index in [1.54, 1.807) is 11.3 Å². The minimum absolute atomic E-state index is 0.0440. The highest BCUT2D eigenvalue weighted by molar-refractivity contribution is 7.09. The van der Waals surface area contributed by atoms with Crippen molar-refractivity contribution < 1.29 is 0 Å². The largest absolute Gasteiger partial charge is 0.303 e. The number of rotatable bonds is 5. The average molecular weight is 226 g/mol. The van der Waals surface area contributed by atoms with E-state index in [0.29, 0.717) is 12.0 Å². The van der Waals surface area contributed by atoms with Gasteiger partial charge in [0, 0.05) is 17.6 Å². The van der Waals surface area contributed by atoms with Gasteiger partial charge in [0.1, 0.15) is 5.01 Å². The predicted octanol–water partition coefficient (Wildman–Crippen LogP) is 3.40. The SMILES string of the molecule is CCC(NC(C)C)(c1nccs1)C(C)C. The van der Waals surface area contributed by atoms with E-state index < -0.39 is 0 Å². The van der Waals surface area contributed by atoms with Crippen LogP contribution in [0.3, 0.4) is 0 Å². The second-order valence-electron chi connectivity index (χ2n) is 4.62. The van der Waals surface area contributed by atoms with Gasteiger partial charge in [-0.2, -0.15) is 0 Å². The molecule has 1 N–H and O–H groups in total. The standard InChI is InChI=1S/C12H22N2S/c1-6-12(9(2)3,14-10(4)5)11-13-7-8-15-11/h7-10,14H,6H2,1-5H3. The van der Waals surface area contributed by atoms with E-state index in [0.717, 1.165) is 6.42 Å². The molecule has 0 fully saturated rings. The fraction of sp³-hybridized carbons (Fsp3) is 0.750. The molecule has 1 rings (SSSR count). The van der Waals surface area contributed by atoms with E-state index >= 15 is 0 Å². The lowest BCUT2D eigenvalue weighted by atomic mass is 9.83. The summed E-state index contributed by atoms with van der Waals surface area (Å²) in [4.78, 5) is 4.49. The molecule has 2 nitrogen and oxygen atoms in total. The summed E-state index contributed by atoms with van der Waals surface area (Å²) in [5.41, 5.74) is 0.0440. The summed E-state index contributed by atoms with van der Waals surface area (Å²) in [5.74, 6) is 0.552. The molecular weight excluding hydrogens is 204 g/mol. The van der Waals surface area contributed by atoms with Gasteiger partial charge in [0.2, 0.25) is 0 Å². The molecule has 1 aromatic heterocycles. The Hall–Kier alpha value is -0.410. The number of thiazole rings is 1. The zero-order valence-corrected chi connectivity index (χ0v) is 11.2. The van der Waals surface area contributed by atoms with Gasteiger partial charge in [-0.05, 0) is 26.2 Å². The summed E-state index contributed by atoms with van der Waals surface area (Å²) in [5, 5.41) is 6.97. The highest BCUT2D eigenvalue weighted by atomic mass is 32.1. The first-order valence-electron chi connectivity index (χ1n) is 5.70. The van der Waals surface area contributed by atoms with E-state index in [9.17, 15) is 0 Å². The number of aromatic nitrogens is 1. The highest BCUT2D eigenvalue weighted by Gasteiger charge is 2.36. The number of hydrogen-bond acceptors (Lipinski definition) is 3. The van der Waals surface area contributed by atoms with Gasteiger partial charge in [0.25, 0.3) is 0 Å². The van der Waals surface area contributed by atoms with Crippen molar-refractivity contribution in [1.29, 1.82) is 0 Å². The predicted molar refractivity (Wildman–Crippen MR) is 67.2 cm³/mol. The van der Waals surface area contributed by atoms with Gasteiger partial charge in [-0.25, -0.2) is 4.98 Å². The topological polar surface area (TPSA) is 24.9 Å². The van der Waals surface area contributed by atoms with Crippen molar-refractivity contribution in [3.63, 3.8) is 0 Å². The van der Waals surface area contributed by atoms with E-state index in [1.165, 1.54) is 5.01 Å². The Morgan fingerprint density at radius 2 is 2.07 bits per heavy atom. The van der Waals surface area contributed by atoms with E-state index in [4.69, 9.17) is 0 Å². The third-order valence-electron chi connectivity index (χ3n) is 2.90. The van der Waals surface area contributed by atoms with E-state index in [2.05, 4.69) is 50.3 Å². The van der Waals surface area contributed by atoms with Crippen molar-refractivity contribution in [3.05, 3.63) is 16.6 Å². The normalized spacial score (nSPS) is 15.9. The van der Waals surface area contributed by atoms with Crippen molar-refractivity contribution in [3.8, 4) is 0 Å². The van der Waals surface area contributed by atoms with Crippen LogP contribution in [0.5, 0.6) is 0 Å². The van der Waals surface area contributed by atoms with Gasteiger partial charge in [-0.3, -0.25) is 0 Å². The smallest absolute Gasteiger partial charge is 0.113 e. The summed E-state index contributed by atoms with van der Waals surface area (Å²) in [6, 6.07) is 0.483. The molecule has 15 heavy (non-hydrogen) atoms. The third-order valence-corrected chi connectivity index (χ3v) is 3.85. The summed E-state index contributed by atoms with van der Waals surface area (Å²) >= 11 is 1.75. The fourth-order valence-corrected chi connectivity index (χ4v) is 3.12. The van der Waals surface area contributed by atoms with Gasteiger partial charge >= 0.3 is 0 Å². The minimum Gasteiger partial charge on any atom is -0.303 e. The lowest BCUT2D eigenvalue weighted by Gasteiger charge is -2.38. The molecule has 1 atom stereocenters. The zero-order valence-electron chi connectivity index (χ0n) is 10.4. The molecule has 1 heterocycles.